The van der Waals surface area contributed by atoms with E-state index < -0.39 is 0 Å². The molecule has 1 amide bonds. The highest BCUT2D eigenvalue weighted by Crippen LogP contribution is 2.11. The zero-order chi connectivity index (χ0) is 12.3. The molecule has 86 valence electrons. The Hall–Kier alpha value is -1.87. The summed E-state index contributed by atoms with van der Waals surface area (Å²) in [6, 6.07) is 12.4. The van der Waals surface area contributed by atoms with Gasteiger partial charge in [0.1, 0.15) is 11.0 Å². The van der Waals surface area contributed by atoms with Crippen LogP contribution in [0.25, 0.3) is 0 Å². The highest BCUT2D eigenvalue weighted by Gasteiger charge is 2.06. The summed E-state index contributed by atoms with van der Waals surface area (Å²) >= 11 is 5.74. The molecule has 3 nitrogen and oxygen atoms in total. The van der Waals surface area contributed by atoms with Crippen LogP contribution in [0, 0.1) is 6.92 Å². The Labute approximate surface area is 104 Å². The Bertz CT molecular complexity index is 555. The van der Waals surface area contributed by atoms with E-state index >= 15 is 0 Å². The topological polar surface area (TPSA) is 42.0 Å². The molecule has 2 rings (SSSR count). The number of hydrogen-bond acceptors (Lipinski definition) is 2. The molecule has 0 spiro atoms. The third-order valence-electron chi connectivity index (χ3n) is 2.24. The van der Waals surface area contributed by atoms with E-state index in [1.807, 2.05) is 25.1 Å². The maximum Gasteiger partial charge on any atom is 0.256 e. The molecular weight excluding hydrogens is 236 g/mol. The summed E-state index contributed by atoms with van der Waals surface area (Å²) in [5.41, 5.74) is 1.64. The molecule has 0 saturated carbocycles. The van der Waals surface area contributed by atoms with Crippen LogP contribution in [-0.2, 0) is 0 Å². The van der Waals surface area contributed by atoms with Crippen molar-refractivity contribution in [2.45, 2.75) is 6.92 Å². The third kappa shape index (κ3) is 3.04. The molecule has 0 aliphatic carbocycles. The number of carbonyl (C=O) groups excluding carboxylic acids is 1. The summed E-state index contributed by atoms with van der Waals surface area (Å²) in [5, 5.41) is 3.05. The lowest BCUT2D eigenvalue weighted by Crippen LogP contribution is -2.12. The molecule has 1 aromatic heterocycles. The van der Waals surface area contributed by atoms with E-state index in [-0.39, 0.29) is 5.91 Å². The van der Waals surface area contributed by atoms with Crippen LogP contribution in [0.15, 0.2) is 42.5 Å². The average Bonchev–Trinajstić information content (AvgIpc) is 2.29. The van der Waals surface area contributed by atoms with Crippen LogP contribution in [0.1, 0.15) is 15.9 Å². The lowest BCUT2D eigenvalue weighted by molar-refractivity contribution is 0.102. The minimum absolute atomic E-state index is 0.191. The van der Waals surface area contributed by atoms with Gasteiger partial charge in [-0.25, -0.2) is 4.98 Å². The first-order chi connectivity index (χ1) is 8.15. The maximum absolute atomic E-state index is 11.9. The molecule has 1 N–H and O–H groups in total. The molecule has 0 radical (unpaired) electrons. The standard InChI is InChI=1S/C13H11ClN2O/c1-9-4-2-5-10(8-9)13(17)16-12-7-3-6-11(14)15-12/h2-8H,1H3,(H,15,16,17). The number of nitrogens with one attached hydrogen (secondary N) is 1. The number of amides is 1. The van der Waals surface area contributed by atoms with Crippen molar-refractivity contribution in [3.05, 3.63) is 58.7 Å². The molecule has 2 aromatic rings. The zero-order valence-electron chi connectivity index (χ0n) is 9.27. The van der Waals surface area contributed by atoms with Gasteiger partial charge in [0, 0.05) is 5.56 Å². The minimum atomic E-state index is -0.191. The van der Waals surface area contributed by atoms with Gasteiger partial charge in [-0.3, -0.25) is 4.79 Å². The van der Waals surface area contributed by atoms with Crippen LogP contribution < -0.4 is 5.32 Å². The van der Waals surface area contributed by atoms with E-state index in [4.69, 9.17) is 11.6 Å². The van der Waals surface area contributed by atoms with E-state index in [1.165, 1.54) is 0 Å². The van der Waals surface area contributed by atoms with E-state index in [1.54, 1.807) is 24.3 Å². The molecule has 1 heterocycles. The van der Waals surface area contributed by atoms with Crippen molar-refractivity contribution in [1.82, 2.24) is 4.98 Å². The SMILES string of the molecule is Cc1cccc(C(=O)Nc2cccc(Cl)n2)c1. The highest BCUT2D eigenvalue weighted by molar-refractivity contribution is 6.29. The number of nitrogens with zero attached hydrogens (tertiary/aromatic N) is 1. The Balaban J connectivity index is 2.17. The predicted molar refractivity (Wildman–Crippen MR) is 68.4 cm³/mol. The van der Waals surface area contributed by atoms with Crippen LogP contribution in [0.2, 0.25) is 5.15 Å². The average molecular weight is 247 g/mol. The molecular formula is C13H11ClN2O. The fraction of sp³-hybridized carbons (Fsp3) is 0.0769. The van der Waals surface area contributed by atoms with Crippen molar-refractivity contribution in [2.24, 2.45) is 0 Å². The smallest absolute Gasteiger partial charge is 0.256 e. The molecule has 0 atom stereocenters. The number of anilines is 1. The van der Waals surface area contributed by atoms with E-state index in [0.29, 0.717) is 16.5 Å². The van der Waals surface area contributed by atoms with Crippen molar-refractivity contribution in [2.75, 3.05) is 5.32 Å². The summed E-state index contributed by atoms with van der Waals surface area (Å²) in [4.78, 5) is 15.9. The van der Waals surface area contributed by atoms with Gasteiger partial charge >= 0.3 is 0 Å². The Kier molecular flexibility index (Phi) is 3.40. The monoisotopic (exact) mass is 246 g/mol. The first-order valence-electron chi connectivity index (χ1n) is 5.16. The molecule has 17 heavy (non-hydrogen) atoms. The number of hydrogen-bond donors (Lipinski definition) is 1. The Morgan fingerprint density at radius 2 is 2.00 bits per heavy atom. The van der Waals surface area contributed by atoms with Crippen LogP contribution in [0.5, 0.6) is 0 Å². The molecule has 0 saturated heterocycles. The summed E-state index contributed by atoms with van der Waals surface area (Å²) in [5.74, 6) is 0.257. The van der Waals surface area contributed by atoms with Crippen molar-refractivity contribution in [1.29, 1.82) is 0 Å². The van der Waals surface area contributed by atoms with Gasteiger partial charge in [0.05, 0.1) is 0 Å². The number of carbonyl (C=O) groups is 1. The molecule has 0 fully saturated rings. The van der Waals surface area contributed by atoms with Gasteiger partial charge in [-0.05, 0) is 31.2 Å². The van der Waals surface area contributed by atoms with Crippen LogP contribution in [0.3, 0.4) is 0 Å². The second kappa shape index (κ2) is 4.97. The van der Waals surface area contributed by atoms with E-state index in [9.17, 15) is 4.79 Å². The molecule has 0 unspecified atom stereocenters. The fourth-order valence-corrected chi connectivity index (χ4v) is 1.62. The minimum Gasteiger partial charge on any atom is -0.307 e. The van der Waals surface area contributed by atoms with Crippen molar-refractivity contribution in [3.8, 4) is 0 Å². The zero-order valence-corrected chi connectivity index (χ0v) is 10.0. The number of benzene rings is 1. The van der Waals surface area contributed by atoms with Crippen molar-refractivity contribution in [3.63, 3.8) is 0 Å². The van der Waals surface area contributed by atoms with E-state index in [2.05, 4.69) is 10.3 Å². The maximum atomic E-state index is 11.9. The number of pyridine rings is 1. The van der Waals surface area contributed by atoms with Gasteiger partial charge in [-0.2, -0.15) is 0 Å². The summed E-state index contributed by atoms with van der Waals surface area (Å²) in [6.07, 6.45) is 0. The second-order valence-corrected chi connectivity index (χ2v) is 4.06. The number of halogens is 1. The normalized spacial score (nSPS) is 10.0. The molecule has 1 aromatic carbocycles. The number of rotatable bonds is 2. The summed E-state index contributed by atoms with van der Waals surface area (Å²) < 4.78 is 0. The highest BCUT2D eigenvalue weighted by atomic mass is 35.5. The first-order valence-corrected chi connectivity index (χ1v) is 5.53. The lowest BCUT2D eigenvalue weighted by atomic mass is 10.1. The van der Waals surface area contributed by atoms with Gasteiger partial charge in [0.15, 0.2) is 0 Å². The summed E-state index contributed by atoms with van der Waals surface area (Å²) in [7, 11) is 0. The largest absolute Gasteiger partial charge is 0.307 e. The van der Waals surface area contributed by atoms with Crippen LogP contribution >= 0.6 is 11.6 Å². The molecule has 0 aliphatic rings. The lowest BCUT2D eigenvalue weighted by Gasteiger charge is -2.05. The number of aromatic nitrogens is 1. The van der Waals surface area contributed by atoms with Crippen LogP contribution in [-0.4, -0.2) is 10.9 Å². The van der Waals surface area contributed by atoms with Crippen molar-refractivity contribution >= 4 is 23.3 Å². The Morgan fingerprint density at radius 1 is 1.24 bits per heavy atom. The summed E-state index contributed by atoms with van der Waals surface area (Å²) in [6.45, 7) is 1.94. The molecule has 0 bridgehead atoms. The quantitative estimate of drug-likeness (QED) is 0.826. The van der Waals surface area contributed by atoms with Crippen molar-refractivity contribution < 1.29 is 4.79 Å². The molecule has 4 heteroatoms. The van der Waals surface area contributed by atoms with Gasteiger partial charge < -0.3 is 5.32 Å². The van der Waals surface area contributed by atoms with Gasteiger partial charge in [0.2, 0.25) is 0 Å². The molecule has 0 aliphatic heterocycles. The van der Waals surface area contributed by atoms with E-state index in [0.717, 1.165) is 5.56 Å². The van der Waals surface area contributed by atoms with Gasteiger partial charge in [-0.15, -0.1) is 0 Å². The Morgan fingerprint density at radius 3 is 2.71 bits per heavy atom. The van der Waals surface area contributed by atoms with Crippen LogP contribution in [0.4, 0.5) is 5.82 Å². The predicted octanol–water partition coefficient (Wildman–Crippen LogP) is 3.30. The third-order valence-corrected chi connectivity index (χ3v) is 2.45. The number of aryl methyl sites for hydroxylation is 1. The second-order valence-electron chi connectivity index (χ2n) is 3.67. The fourth-order valence-electron chi connectivity index (χ4n) is 1.45. The van der Waals surface area contributed by atoms with Gasteiger partial charge in [-0.1, -0.05) is 35.4 Å². The first kappa shape index (κ1) is 11.6. The van der Waals surface area contributed by atoms with Gasteiger partial charge in [0.25, 0.3) is 5.91 Å².